The zero-order valence-corrected chi connectivity index (χ0v) is 13.9. The van der Waals surface area contributed by atoms with Crippen molar-refractivity contribution in [2.75, 3.05) is 50.7 Å². The third-order valence-corrected chi connectivity index (χ3v) is 4.38. The topological polar surface area (TPSA) is 60.0 Å². The quantitative estimate of drug-likeness (QED) is 0.862. The first kappa shape index (κ1) is 15.9. The van der Waals surface area contributed by atoms with E-state index >= 15 is 0 Å². The van der Waals surface area contributed by atoms with Gasteiger partial charge in [0.25, 0.3) is 0 Å². The summed E-state index contributed by atoms with van der Waals surface area (Å²) in [5, 5.41) is 6.99. The van der Waals surface area contributed by atoms with Crippen molar-refractivity contribution in [3.8, 4) is 0 Å². The fourth-order valence-electron chi connectivity index (χ4n) is 2.79. The summed E-state index contributed by atoms with van der Waals surface area (Å²) in [7, 11) is 0. The second-order valence-corrected chi connectivity index (χ2v) is 6.14. The fraction of sp³-hybridized carbons (Fsp3) is 0.500. The Balaban J connectivity index is 1.45. The molecule has 0 radical (unpaired) electrons. The third kappa shape index (κ3) is 4.28. The summed E-state index contributed by atoms with van der Waals surface area (Å²) in [5.41, 5.74) is 1.15. The van der Waals surface area contributed by atoms with Gasteiger partial charge in [-0.1, -0.05) is 11.6 Å². The summed E-state index contributed by atoms with van der Waals surface area (Å²) < 4.78 is 0. The van der Waals surface area contributed by atoms with Gasteiger partial charge in [0.1, 0.15) is 0 Å². The highest BCUT2D eigenvalue weighted by atomic mass is 35.5. The summed E-state index contributed by atoms with van der Waals surface area (Å²) in [5.74, 6) is 0.861. The average Bonchev–Trinajstić information content (AvgIpc) is 2.61. The lowest BCUT2D eigenvalue weighted by atomic mass is 10.2. The van der Waals surface area contributed by atoms with Gasteiger partial charge in [0, 0.05) is 50.0 Å². The van der Waals surface area contributed by atoms with E-state index in [9.17, 15) is 4.79 Å². The zero-order valence-electron chi connectivity index (χ0n) is 13.1. The molecule has 0 unspecified atom stereocenters. The van der Waals surface area contributed by atoms with Crippen LogP contribution in [-0.2, 0) is 4.79 Å². The number of anilines is 1. The molecule has 2 heterocycles. The summed E-state index contributed by atoms with van der Waals surface area (Å²) in [6.07, 6.45) is 1.05. The van der Waals surface area contributed by atoms with Crippen LogP contribution in [0.3, 0.4) is 0 Å². The highest BCUT2D eigenvalue weighted by Gasteiger charge is 2.21. The number of halogens is 1. The summed E-state index contributed by atoms with van der Waals surface area (Å²) in [6, 6.07) is 7.84. The molecule has 2 N–H and O–H groups in total. The molecule has 2 aliphatic rings. The van der Waals surface area contributed by atoms with E-state index in [4.69, 9.17) is 11.6 Å². The van der Waals surface area contributed by atoms with Crippen LogP contribution < -0.4 is 15.5 Å². The number of amides is 1. The third-order valence-electron chi connectivity index (χ3n) is 4.13. The van der Waals surface area contributed by atoms with Crippen LogP contribution >= 0.6 is 11.6 Å². The van der Waals surface area contributed by atoms with E-state index in [1.807, 2.05) is 29.2 Å². The van der Waals surface area contributed by atoms with Gasteiger partial charge in [-0.15, -0.1) is 0 Å². The van der Waals surface area contributed by atoms with Crippen LogP contribution in [0.1, 0.15) is 6.42 Å². The maximum Gasteiger partial charge on any atom is 0.242 e. The maximum atomic E-state index is 12.3. The van der Waals surface area contributed by atoms with Crippen molar-refractivity contribution in [1.29, 1.82) is 0 Å². The van der Waals surface area contributed by atoms with Gasteiger partial charge in [-0.25, -0.2) is 0 Å². The highest BCUT2D eigenvalue weighted by molar-refractivity contribution is 6.30. The molecule has 2 aliphatic heterocycles. The largest absolute Gasteiger partial charge is 0.368 e. The summed E-state index contributed by atoms with van der Waals surface area (Å²) in [4.78, 5) is 20.8. The van der Waals surface area contributed by atoms with E-state index in [1.54, 1.807) is 0 Å². The van der Waals surface area contributed by atoms with Crippen molar-refractivity contribution in [2.24, 2.45) is 4.99 Å². The molecule has 124 valence electrons. The van der Waals surface area contributed by atoms with Crippen LogP contribution in [0, 0.1) is 0 Å². The van der Waals surface area contributed by atoms with Crippen molar-refractivity contribution in [2.45, 2.75) is 6.42 Å². The molecule has 3 rings (SSSR count). The monoisotopic (exact) mass is 335 g/mol. The molecule has 1 aromatic rings. The molecular weight excluding hydrogens is 314 g/mol. The van der Waals surface area contributed by atoms with Crippen molar-refractivity contribution >= 4 is 29.2 Å². The molecular formula is C16H22ClN5O. The molecule has 23 heavy (non-hydrogen) atoms. The Bertz CT molecular complexity index is 566. The number of hydrogen-bond acceptors (Lipinski definition) is 5. The van der Waals surface area contributed by atoms with Gasteiger partial charge < -0.3 is 20.4 Å². The van der Waals surface area contributed by atoms with E-state index in [0.717, 1.165) is 62.4 Å². The highest BCUT2D eigenvalue weighted by Crippen LogP contribution is 2.19. The molecule has 1 amide bonds. The SMILES string of the molecule is O=C(CNC1=NCCCN1)N1CCN(c2ccc(Cl)cc2)CC1. The van der Waals surface area contributed by atoms with Crippen molar-refractivity contribution in [3.05, 3.63) is 29.3 Å². The molecule has 6 nitrogen and oxygen atoms in total. The molecule has 0 aliphatic carbocycles. The van der Waals surface area contributed by atoms with Crippen LogP contribution in [0.15, 0.2) is 29.3 Å². The molecule has 0 bridgehead atoms. The van der Waals surface area contributed by atoms with E-state index in [0.29, 0.717) is 6.54 Å². The van der Waals surface area contributed by atoms with Crippen LogP contribution in [0.5, 0.6) is 0 Å². The number of guanidine groups is 1. The lowest BCUT2D eigenvalue weighted by molar-refractivity contribution is -0.130. The van der Waals surface area contributed by atoms with Gasteiger partial charge in [0.2, 0.25) is 5.91 Å². The number of benzene rings is 1. The minimum absolute atomic E-state index is 0.121. The van der Waals surface area contributed by atoms with Crippen LogP contribution in [0.2, 0.25) is 5.02 Å². The van der Waals surface area contributed by atoms with E-state index < -0.39 is 0 Å². The summed E-state index contributed by atoms with van der Waals surface area (Å²) in [6.45, 7) is 5.20. The van der Waals surface area contributed by atoms with Gasteiger partial charge in [0.05, 0.1) is 6.54 Å². The zero-order chi connectivity index (χ0) is 16.1. The Morgan fingerprint density at radius 2 is 1.96 bits per heavy atom. The lowest BCUT2D eigenvalue weighted by Gasteiger charge is -2.36. The number of piperazine rings is 1. The maximum absolute atomic E-state index is 12.3. The number of rotatable bonds is 3. The first-order valence-electron chi connectivity index (χ1n) is 8.03. The van der Waals surface area contributed by atoms with Crippen LogP contribution in [0.25, 0.3) is 0 Å². The first-order valence-corrected chi connectivity index (χ1v) is 8.41. The minimum Gasteiger partial charge on any atom is -0.368 e. The van der Waals surface area contributed by atoms with Crippen LogP contribution in [0.4, 0.5) is 5.69 Å². The van der Waals surface area contributed by atoms with Gasteiger partial charge in [-0.2, -0.15) is 0 Å². The van der Waals surface area contributed by atoms with E-state index in [2.05, 4.69) is 20.5 Å². The molecule has 0 saturated carbocycles. The number of hydrogen-bond donors (Lipinski definition) is 2. The predicted octanol–water partition coefficient (Wildman–Crippen LogP) is 0.927. The number of nitrogens with zero attached hydrogens (tertiary/aromatic N) is 3. The van der Waals surface area contributed by atoms with Crippen LogP contribution in [-0.4, -0.2) is 62.6 Å². The number of nitrogens with one attached hydrogen (secondary N) is 2. The molecule has 0 atom stereocenters. The smallest absolute Gasteiger partial charge is 0.242 e. The van der Waals surface area contributed by atoms with Crippen molar-refractivity contribution in [3.63, 3.8) is 0 Å². The molecule has 1 saturated heterocycles. The Morgan fingerprint density at radius 3 is 2.61 bits per heavy atom. The standard InChI is InChI=1S/C16H22ClN5O/c17-13-2-4-14(5-3-13)21-8-10-22(11-9-21)15(23)12-20-16-18-6-1-7-19-16/h2-5H,1,6-12H2,(H2,18,19,20). The first-order chi connectivity index (χ1) is 11.2. The normalized spacial score (nSPS) is 18.2. The van der Waals surface area contributed by atoms with Gasteiger partial charge in [-0.05, 0) is 30.7 Å². The number of aliphatic imine (C=N–C) groups is 1. The van der Waals surface area contributed by atoms with Gasteiger partial charge >= 0.3 is 0 Å². The Kier molecular flexibility index (Phi) is 5.23. The molecule has 1 aromatic carbocycles. The van der Waals surface area contributed by atoms with Gasteiger partial charge in [-0.3, -0.25) is 9.79 Å². The molecule has 0 spiro atoms. The second-order valence-electron chi connectivity index (χ2n) is 5.71. The lowest BCUT2D eigenvalue weighted by Crippen LogP contribution is -2.52. The second kappa shape index (κ2) is 7.55. The number of carbonyl (C=O) groups is 1. The predicted molar refractivity (Wildman–Crippen MR) is 93.2 cm³/mol. The van der Waals surface area contributed by atoms with Crippen molar-refractivity contribution in [1.82, 2.24) is 15.5 Å². The molecule has 7 heteroatoms. The molecule has 1 fully saturated rings. The molecule has 0 aromatic heterocycles. The summed E-state index contributed by atoms with van der Waals surface area (Å²) >= 11 is 5.92. The van der Waals surface area contributed by atoms with Gasteiger partial charge in [0.15, 0.2) is 5.96 Å². The average molecular weight is 336 g/mol. The number of carbonyl (C=O) groups excluding carboxylic acids is 1. The minimum atomic E-state index is 0.121. The Labute approximate surface area is 141 Å². The Morgan fingerprint density at radius 1 is 1.22 bits per heavy atom. The van der Waals surface area contributed by atoms with Crippen molar-refractivity contribution < 1.29 is 4.79 Å². The van der Waals surface area contributed by atoms with E-state index in [-0.39, 0.29) is 5.91 Å². The fourth-order valence-corrected chi connectivity index (χ4v) is 2.91. The Hall–Kier alpha value is -1.95. The van der Waals surface area contributed by atoms with E-state index in [1.165, 1.54) is 0 Å².